The normalized spacial score (nSPS) is 22.1. The molecule has 1 saturated heterocycles. The molecule has 0 aromatic heterocycles. The van der Waals surface area contributed by atoms with Gasteiger partial charge in [-0.1, -0.05) is 6.07 Å². The van der Waals surface area contributed by atoms with Crippen LogP contribution in [0.5, 0.6) is 0 Å². The summed E-state index contributed by atoms with van der Waals surface area (Å²) in [6.07, 6.45) is 2.19. The van der Waals surface area contributed by atoms with E-state index in [0.29, 0.717) is 6.04 Å². The Hall–Kier alpha value is -1.00. The third-order valence-electron chi connectivity index (χ3n) is 4.11. The Morgan fingerprint density at radius 1 is 1.42 bits per heavy atom. The van der Waals surface area contributed by atoms with Crippen LogP contribution in [-0.2, 0) is 13.0 Å². The smallest absolute Gasteiger partial charge is 0.253 e. The summed E-state index contributed by atoms with van der Waals surface area (Å²) < 4.78 is 0. The van der Waals surface area contributed by atoms with Crippen molar-refractivity contribution >= 4 is 17.7 Å². The van der Waals surface area contributed by atoms with Crippen molar-refractivity contribution in [2.75, 3.05) is 25.1 Å². The van der Waals surface area contributed by atoms with Crippen LogP contribution in [0.2, 0.25) is 0 Å². The molecule has 1 atom stereocenters. The molecule has 1 fully saturated rings. The molecule has 3 rings (SSSR count). The van der Waals surface area contributed by atoms with Crippen LogP contribution in [0.3, 0.4) is 0 Å². The molecule has 0 saturated carbocycles. The number of amides is 1. The van der Waals surface area contributed by atoms with Crippen LogP contribution in [0.1, 0.15) is 27.9 Å². The molecule has 1 unspecified atom stereocenters. The van der Waals surface area contributed by atoms with Gasteiger partial charge in [-0.25, -0.2) is 0 Å². The fraction of sp³-hybridized carbons (Fsp3) is 0.533. The minimum absolute atomic E-state index is 0.167. The lowest BCUT2D eigenvalue weighted by atomic mass is 9.98. The maximum atomic E-state index is 12.5. The van der Waals surface area contributed by atoms with E-state index in [9.17, 15) is 4.79 Å². The molecule has 0 aliphatic carbocycles. The number of fused-ring (bicyclic) bond motifs is 1. The number of rotatable bonds is 2. The molecular weight excluding hydrogens is 256 g/mol. The zero-order valence-corrected chi connectivity index (χ0v) is 12.1. The minimum atomic E-state index is 0.167. The number of nitrogens with one attached hydrogen (secondary N) is 1. The summed E-state index contributed by atoms with van der Waals surface area (Å²) in [4.78, 5) is 14.4. The predicted octanol–water partition coefficient (Wildman–Crippen LogP) is 1.91. The summed E-state index contributed by atoms with van der Waals surface area (Å²) in [5.74, 6) is 2.42. The maximum Gasteiger partial charge on any atom is 0.253 e. The van der Waals surface area contributed by atoms with Gasteiger partial charge in [0.1, 0.15) is 0 Å². The summed E-state index contributed by atoms with van der Waals surface area (Å²) in [5.41, 5.74) is 3.50. The molecule has 1 aromatic rings. The molecule has 1 N–H and O–H groups in total. The molecule has 0 spiro atoms. The van der Waals surface area contributed by atoms with Crippen molar-refractivity contribution in [3.8, 4) is 0 Å². The Bertz CT molecular complexity index is 483. The van der Waals surface area contributed by atoms with E-state index >= 15 is 0 Å². The van der Waals surface area contributed by atoms with Crippen molar-refractivity contribution in [3.05, 3.63) is 34.9 Å². The fourth-order valence-corrected chi connectivity index (χ4v) is 4.08. The molecule has 2 heterocycles. The first-order valence-electron chi connectivity index (χ1n) is 6.93. The largest absolute Gasteiger partial charge is 0.338 e. The van der Waals surface area contributed by atoms with Crippen LogP contribution < -0.4 is 5.32 Å². The minimum Gasteiger partial charge on any atom is -0.338 e. The van der Waals surface area contributed by atoms with E-state index in [4.69, 9.17) is 0 Å². The standard InChI is InChI=1S/C15H20N2OS/c1-17(14-5-7-19-10-14)15(18)12-3-2-11-4-6-16-9-13(11)8-12/h2-3,8,14,16H,4-7,9-10H2,1H3. The molecular formula is C15H20N2OS. The van der Waals surface area contributed by atoms with Crippen LogP contribution in [0, 0.1) is 0 Å². The Labute approximate surface area is 118 Å². The number of thioether (sulfide) groups is 1. The average Bonchev–Trinajstić information content (AvgIpc) is 2.99. The molecule has 19 heavy (non-hydrogen) atoms. The van der Waals surface area contributed by atoms with Gasteiger partial charge in [-0.3, -0.25) is 4.79 Å². The van der Waals surface area contributed by atoms with Crippen LogP contribution in [0.25, 0.3) is 0 Å². The third-order valence-corrected chi connectivity index (χ3v) is 5.26. The Morgan fingerprint density at radius 3 is 3.11 bits per heavy atom. The topological polar surface area (TPSA) is 32.3 Å². The van der Waals surface area contributed by atoms with Crippen LogP contribution in [0.4, 0.5) is 0 Å². The van der Waals surface area contributed by atoms with E-state index in [1.165, 1.54) is 16.9 Å². The molecule has 0 bridgehead atoms. The molecule has 1 amide bonds. The van der Waals surface area contributed by atoms with Gasteiger partial charge >= 0.3 is 0 Å². The average molecular weight is 276 g/mol. The molecule has 3 nitrogen and oxygen atoms in total. The van der Waals surface area contributed by atoms with E-state index in [2.05, 4.69) is 17.4 Å². The zero-order chi connectivity index (χ0) is 13.2. The second-order valence-electron chi connectivity index (χ2n) is 5.34. The zero-order valence-electron chi connectivity index (χ0n) is 11.3. The van der Waals surface area contributed by atoms with Gasteiger partial charge in [-0.05, 0) is 48.4 Å². The van der Waals surface area contributed by atoms with Crippen molar-refractivity contribution in [1.29, 1.82) is 0 Å². The van der Waals surface area contributed by atoms with Crippen LogP contribution in [-0.4, -0.2) is 41.9 Å². The van der Waals surface area contributed by atoms with Gasteiger partial charge in [-0.15, -0.1) is 0 Å². The van der Waals surface area contributed by atoms with Crippen molar-refractivity contribution in [3.63, 3.8) is 0 Å². The number of hydrogen-bond acceptors (Lipinski definition) is 3. The molecule has 2 aliphatic rings. The highest BCUT2D eigenvalue weighted by molar-refractivity contribution is 7.99. The van der Waals surface area contributed by atoms with Gasteiger partial charge in [0.25, 0.3) is 5.91 Å². The second kappa shape index (κ2) is 5.55. The number of hydrogen-bond donors (Lipinski definition) is 1. The third kappa shape index (κ3) is 2.65. The van der Waals surface area contributed by atoms with Crippen molar-refractivity contribution < 1.29 is 4.79 Å². The van der Waals surface area contributed by atoms with Crippen molar-refractivity contribution in [2.24, 2.45) is 0 Å². The Morgan fingerprint density at radius 2 is 2.32 bits per heavy atom. The molecule has 102 valence electrons. The summed E-state index contributed by atoms with van der Waals surface area (Å²) in [6.45, 7) is 1.93. The lowest BCUT2D eigenvalue weighted by Gasteiger charge is -2.25. The quantitative estimate of drug-likeness (QED) is 0.895. The van der Waals surface area contributed by atoms with Gasteiger partial charge in [0.05, 0.1) is 0 Å². The summed E-state index contributed by atoms with van der Waals surface area (Å²) in [6, 6.07) is 6.60. The number of benzene rings is 1. The highest BCUT2D eigenvalue weighted by Gasteiger charge is 2.25. The summed E-state index contributed by atoms with van der Waals surface area (Å²) >= 11 is 1.94. The number of nitrogens with zero attached hydrogens (tertiary/aromatic N) is 1. The lowest BCUT2D eigenvalue weighted by Crippen LogP contribution is -2.37. The first-order valence-corrected chi connectivity index (χ1v) is 8.08. The van der Waals surface area contributed by atoms with Gasteiger partial charge in [-0.2, -0.15) is 11.8 Å². The highest BCUT2D eigenvalue weighted by Crippen LogP contribution is 2.23. The van der Waals surface area contributed by atoms with Crippen molar-refractivity contribution in [1.82, 2.24) is 10.2 Å². The first kappa shape index (κ1) is 13.0. The molecule has 1 aromatic carbocycles. The SMILES string of the molecule is CN(C(=O)c1ccc2c(c1)CNCC2)C1CCSC1. The summed E-state index contributed by atoms with van der Waals surface area (Å²) in [5, 5.41) is 3.36. The van der Waals surface area contributed by atoms with E-state index < -0.39 is 0 Å². The lowest BCUT2D eigenvalue weighted by molar-refractivity contribution is 0.0747. The molecule has 4 heteroatoms. The first-order chi connectivity index (χ1) is 9.25. The van der Waals surface area contributed by atoms with Gasteiger partial charge in [0.2, 0.25) is 0 Å². The van der Waals surface area contributed by atoms with E-state index in [-0.39, 0.29) is 5.91 Å². The highest BCUT2D eigenvalue weighted by atomic mass is 32.2. The fourth-order valence-electron chi connectivity index (χ4n) is 2.81. The molecule has 2 aliphatic heterocycles. The second-order valence-corrected chi connectivity index (χ2v) is 6.49. The Balaban J connectivity index is 1.79. The monoisotopic (exact) mass is 276 g/mol. The Kier molecular flexibility index (Phi) is 3.80. The molecule has 0 radical (unpaired) electrons. The maximum absolute atomic E-state index is 12.5. The van der Waals surface area contributed by atoms with E-state index in [1.807, 2.05) is 29.8 Å². The van der Waals surface area contributed by atoms with E-state index in [0.717, 1.165) is 37.2 Å². The van der Waals surface area contributed by atoms with E-state index in [1.54, 1.807) is 0 Å². The van der Waals surface area contributed by atoms with Crippen molar-refractivity contribution in [2.45, 2.75) is 25.4 Å². The van der Waals surface area contributed by atoms with Crippen LogP contribution in [0.15, 0.2) is 18.2 Å². The summed E-state index contributed by atoms with van der Waals surface area (Å²) in [7, 11) is 1.94. The number of carbonyl (C=O) groups is 1. The van der Waals surface area contributed by atoms with Gasteiger partial charge < -0.3 is 10.2 Å². The van der Waals surface area contributed by atoms with Gasteiger partial charge in [0, 0.05) is 31.0 Å². The number of carbonyl (C=O) groups excluding carboxylic acids is 1. The van der Waals surface area contributed by atoms with Crippen LogP contribution >= 0.6 is 11.8 Å². The predicted molar refractivity (Wildman–Crippen MR) is 79.7 cm³/mol. The van der Waals surface area contributed by atoms with Gasteiger partial charge in [0.15, 0.2) is 0 Å².